The summed E-state index contributed by atoms with van der Waals surface area (Å²) in [5, 5.41) is 5.38. The second kappa shape index (κ2) is 11.9. The maximum atomic E-state index is 13.5. The molecule has 0 bridgehead atoms. The molecule has 0 aromatic heterocycles. The number of alkyl halides is 6. The van der Waals surface area contributed by atoms with Crippen molar-refractivity contribution in [1.82, 2.24) is 10.6 Å². The van der Waals surface area contributed by atoms with Crippen LogP contribution in [0.15, 0.2) is 60.7 Å². The van der Waals surface area contributed by atoms with Crippen LogP contribution in [-0.2, 0) is 17.1 Å². The molecule has 0 radical (unpaired) electrons. The van der Waals surface area contributed by atoms with Crippen molar-refractivity contribution >= 4 is 23.4 Å². The van der Waals surface area contributed by atoms with E-state index in [2.05, 4.69) is 10.6 Å². The van der Waals surface area contributed by atoms with Crippen LogP contribution >= 0.6 is 0 Å². The van der Waals surface area contributed by atoms with Crippen molar-refractivity contribution in [3.63, 3.8) is 0 Å². The van der Waals surface area contributed by atoms with Crippen molar-refractivity contribution in [3.05, 3.63) is 88.5 Å². The van der Waals surface area contributed by atoms with Gasteiger partial charge in [-0.1, -0.05) is 35.9 Å². The minimum Gasteiger partial charge on any atom is -0.354 e. The zero-order valence-corrected chi connectivity index (χ0v) is 22.6. The largest absolute Gasteiger partial charge is 0.416 e. The molecule has 1 saturated heterocycles. The van der Waals surface area contributed by atoms with Gasteiger partial charge in [0.25, 0.3) is 11.8 Å². The van der Waals surface area contributed by atoms with Crippen LogP contribution in [0.25, 0.3) is 11.1 Å². The quantitative estimate of drug-likeness (QED) is 0.339. The van der Waals surface area contributed by atoms with Crippen LogP contribution in [0.1, 0.15) is 56.7 Å². The number of halogens is 6. The summed E-state index contributed by atoms with van der Waals surface area (Å²) in [5.74, 6) is -2.12. The van der Waals surface area contributed by atoms with Crippen LogP contribution in [0.4, 0.5) is 32.0 Å². The van der Waals surface area contributed by atoms with E-state index in [1.807, 2.05) is 6.92 Å². The second-order valence-electron chi connectivity index (χ2n) is 10.1. The second-order valence-corrected chi connectivity index (χ2v) is 10.1. The summed E-state index contributed by atoms with van der Waals surface area (Å²) in [6.45, 7) is 2.34. The Hall–Kier alpha value is -4.35. The molecule has 0 saturated carbocycles. The summed E-state index contributed by atoms with van der Waals surface area (Å²) in [7, 11) is 1.20. The Morgan fingerprint density at radius 3 is 2.07 bits per heavy atom. The maximum Gasteiger partial charge on any atom is 0.416 e. The van der Waals surface area contributed by atoms with E-state index in [1.165, 1.54) is 25.2 Å². The van der Waals surface area contributed by atoms with Crippen molar-refractivity contribution in [2.24, 2.45) is 0 Å². The first-order valence-corrected chi connectivity index (χ1v) is 13.0. The Morgan fingerprint density at radius 1 is 0.857 bits per heavy atom. The standard InChI is InChI=1S/C30H27F6N3O3/c1-17-6-8-18(9-7-17)23-11-10-19(26(40)38-24-5-3-4-12-37-27(24)41)15-25(23)39(2)28(42)20-13-21(29(31,32)33)16-22(14-20)30(34,35)36/h6-11,13-16,24H,3-5,12H2,1-2H3,(H,37,41)(H,38,40). The third kappa shape index (κ3) is 6.92. The van der Waals surface area contributed by atoms with E-state index in [1.54, 1.807) is 24.3 Å². The van der Waals surface area contributed by atoms with Crippen LogP contribution in [-0.4, -0.2) is 37.4 Å². The molecule has 3 amide bonds. The lowest BCUT2D eigenvalue weighted by Gasteiger charge is -2.23. The van der Waals surface area contributed by atoms with Crippen molar-refractivity contribution in [1.29, 1.82) is 0 Å². The molecule has 1 atom stereocenters. The van der Waals surface area contributed by atoms with Gasteiger partial charge in [-0.15, -0.1) is 0 Å². The average molecular weight is 592 g/mol. The molecule has 42 heavy (non-hydrogen) atoms. The van der Waals surface area contributed by atoms with Gasteiger partial charge in [0, 0.05) is 30.3 Å². The third-order valence-electron chi connectivity index (χ3n) is 6.96. The molecule has 2 N–H and O–H groups in total. The molecule has 6 nitrogen and oxygen atoms in total. The normalized spacial score (nSPS) is 15.9. The summed E-state index contributed by atoms with van der Waals surface area (Å²) in [5.41, 5.74) is -2.07. The summed E-state index contributed by atoms with van der Waals surface area (Å²) in [6, 6.07) is 11.2. The number of nitrogens with one attached hydrogen (secondary N) is 2. The molecule has 3 aromatic carbocycles. The Kier molecular flexibility index (Phi) is 8.65. The van der Waals surface area contributed by atoms with Gasteiger partial charge < -0.3 is 15.5 Å². The number of hydrogen-bond donors (Lipinski definition) is 2. The number of aryl methyl sites for hydroxylation is 1. The van der Waals surface area contributed by atoms with E-state index in [9.17, 15) is 40.7 Å². The lowest BCUT2D eigenvalue weighted by molar-refractivity contribution is -0.143. The highest BCUT2D eigenvalue weighted by Gasteiger charge is 2.38. The Balaban J connectivity index is 1.77. The summed E-state index contributed by atoms with van der Waals surface area (Å²) in [6.07, 6.45) is -8.39. The molecule has 1 aliphatic rings. The zero-order valence-electron chi connectivity index (χ0n) is 22.6. The molecule has 1 heterocycles. The van der Waals surface area contributed by atoms with E-state index in [0.717, 1.165) is 16.9 Å². The smallest absolute Gasteiger partial charge is 0.354 e. The van der Waals surface area contributed by atoms with E-state index >= 15 is 0 Å². The first kappa shape index (κ1) is 30.6. The monoisotopic (exact) mass is 591 g/mol. The van der Waals surface area contributed by atoms with E-state index in [0.29, 0.717) is 42.6 Å². The molecule has 0 aliphatic carbocycles. The summed E-state index contributed by atoms with van der Waals surface area (Å²) >= 11 is 0. The molecule has 1 fully saturated rings. The van der Waals surface area contributed by atoms with E-state index < -0.39 is 46.9 Å². The van der Waals surface area contributed by atoms with Crippen LogP contribution in [0.3, 0.4) is 0 Å². The Bertz CT molecular complexity index is 1470. The maximum absolute atomic E-state index is 13.5. The van der Waals surface area contributed by atoms with Gasteiger partial charge in [0.2, 0.25) is 5.91 Å². The molecule has 4 rings (SSSR count). The third-order valence-corrected chi connectivity index (χ3v) is 6.96. The van der Waals surface area contributed by atoms with Crippen LogP contribution in [0.2, 0.25) is 0 Å². The van der Waals surface area contributed by atoms with Crippen molar-refractivity contribution < 1.29 is 40.7 Å². The molecule has 1 unspecified atom stereocenters. The van der Waals surface area contributed by atoms with Gasteiger partial charge in [-0.3, -0.25) is 14.4 Å². The van der Waals surface area contributed by atoms with Crippen LogP contribution in [0, 0.1) is 6.92 Å². The lowest BCUT2D eigenvalue weighted by atomic mass is 9.98. The van der Waals surface area contributed by atoms with Gasteiger partial charge in [-0.05, 0) is 62.1 Å². The molecular formula is C30H27F6N3O3. The highest BCUT2D eigenvalue weighted by Crippen LogP contribution is 2.38. The Labute approximate surface area is 237 Å². The fraction of sp³-hybridized carbons (Fsp3) is 0.300. The summed E-state index contributed by atoms with van der Waals surface area (Å²) in [4.78, 5) is 39.8. The zero-order chi connectivity index (χ0) is 30.8. The predicted octanol–water partition coefficient (Wildman–Crippen LogP) is 6.37. The van der Waals surface area contributed by atoms with Gasteiger partial charge in [-0.2, -0.15) is 26.3 Å². The lowest BCUT2D eigenvalue weighted by Crippen LogP contribution is -2.45. The number of anilines is 1. The average Bonchev–Trinajstić information content (AvgIpc) is 3.14. The number of carbonyl (C=O) groups excluding carboxylic acids is 3. The van der Waals surface area contributed by atoms with Crippen molar-refractivity contribution in [2.45, 2.75) is 44.6 Å². The Morgan fingerprint density at radius 2 is 1.48 bits per heavy atom. The topological polar surface area (TPSA) is 78.5 Å². The van der Waals surface area contributed by atoms with Crippen molar-refractivity contribution in [2.75, 3.05) is 18.5 Å². The molecular weight excluding hydrogens is 564 g/mol. The fourth-order valence-electron chi connectivity index (χ4n) is 4.63. The number of amides is 3. The SMILES string of the molecule is Cc1ccc(-c2ccc(C(=O)NC3CCCCNC3=O)cc2N(C)C(=O)c2cc(C(F)(F)F)cc(C(F)(F)F)c2)cc1. The van der Waals surface area contributed by atoms with Gasteiger partial charge in [0.15, 0.2) is 0 Å². The minimum absolute atomic E-state index is 0.0394. The van der Waals surface area contributed by atoms with Crippen LogP contribution in [0.5, 0.6) is 0 Å². The minimum atomic E-state index is -5.13. The molecule has 222 valence electrons. The number of nitrogens with zero attached hydrogens (tertiary/aromatic N) is 1. The molecule has 1 aliphatic heterocycles. The van der Waals surface area contributed by atoms with E-state index in [4.69, 9.17) is 0 Å². The highest BCUT2D eigenvalue weighted by atomic mass is 19.4. The summed E-state index contributed by atoms with van der Waals surface area (Å²) < 4.78 is 80.8. The molecule has 0 spiro atoms. The first-order chi connectivity index (χ1) is 19.6. The van der Waals surface area contributed by atoms with Crippen LogP contribution < -0.4 is 15.5 Å². The van der Waals surface area contributed by atoms with Gasteiger partial charge >= 0.3 is 12.4 Å². The highest BCUT2D eigenvalue weighted by molar-refractivity contribution is 6.09. The number of benzene rings is 3. The molecule has 12 heteroatoms. The van der Waals surface area contributed by atoms with Gasteiger partial charge in [0.05, 0.1) is 16.8 Å². The van der Waals surface area contributed by atoms with Gasteiger partial charge in [-0.25, -0.2) is 0 Å². The van der Waals surface area contributed by atoms with Gasteiger partial charge in [0.1, 0.15) is 6.04 Å². The number of rotatable bonds is 5. The number of hydrogen-bond acceptors (Lipinski definition) is 3. The predicted molar refractivity (Wildman–Crippen MR) is 144 cm³/mol. The molecule has 3 aromatic rings. The number of carbonyl (C=O) groups is 3. The van der Waals surface area contributed by atoms with Crippen molar-refractivity contribution in [3.8, 4) is 11.1 Å². The van der Waals surface area contributed by atoms with E-state index in [-0.39, 0.29) is 23.2 Å². The first-order valence-electron chi connectivity index (χ1n) is 13.0. The fourth-order valence-corrected chi connectivity index (χ4v) is 4.63.